The Morgan fingerprint density at radius 2 is 1.03 bits per heavy atom. The molecule has 352 valence electrons. The summed E-state index contributed by atoms with van der Waals surface area (Å²) in [4.78, 5) is 75.5. The Bertz CT molecular complexity index is 2720. The molecule has 9 N–H and O–H groups in total. The molecule has 0 aromatic heterocycles. The SMILES string of the molecule is CCOc1c(Nc2ccccc2)c(=O)c1=O.Nc1cccc(C(=O)NCCN2CCOCC2)c1O.O=C(NCCN1CCOCC1)c1cccc(Nc2c(Nc3ccccc3)c(=O)c2=O)c1O. The maximum atomic E-state index is 12.6. The van der Waals surface area contributed by atoms with Crippen LogP contribution in [0.2, 0.25) is 0 Å². The number of phenols is 2. The van der Waals surface area contributed by atoms with Crippen LogP contribution in [0.25, 0.3) is 0 Å². The van der Waals surface area contributed by atoms with E-state index in [0.29, 0.717) is 45.1 Å². The van der Waals surface area contributed by atoms with E-state index in [0.717, 1.165) is 51.6 Å². The van der Waals surface area contributed by atoms with Gasteiger partial charge in [0.15, 0.2) is 17.2 Å². The smallest absolute Gasteiger partial charge is 0.272 e. The van der Waals surface area contributed by atoms with Crippen LogP contribution in [-0.2, 0) is 9.47 Å². The number of aromatic hydroxyl groups is 2. The van der Waals surface area contributed by atoms with Gasteiger partial charge in [-0.25, -0.2) is 0 Å². The van der Waals surface area contributed by atoms with Gasteiger partial charge >= 0.3 is 0 Å². The number of ether oxygens (including phenoxy) is 3. The molecule has 19 heteroatoms. The third-order valence-electron chi connectivity index (χ3n) is 10.6. The molecular formula is C48H54N8O11. The molecular weight excluding hydrogens is 865 g/mol. The van der Waals surface area contributed by atoms with Gasteiger partial charge in [0.25, 0.3) is 33.5 Å². The first kappa shape index (κ1) is 48.9. The van der Waals surface area contributed by atoms with E-state index in [1.54, 1.807) is 55.5 Å². The number of morpholine rings is 2. The lowest BCUT2D eigenvalue weighted by Crippen LogP contribution is -2.41. The predicted octanol–water partition coefficient (Wildman–Crippen LogP) is 3.00. The van der Waals surface area contributed by atoms with Gasteiger partial charge in [-0.1, -0.05) is 48.5 Å². The van der Waals surface area contributed by atoms with E-state index in [1.807, 2.05) is 36.4 Å². The maximum absolute atomic E-state index is 12.6. The number of benzene rings is 4. The Kier molecular flexibility index (Phi) is 17.6. The summed E-state index contributed by atoms with van der Waals surface area (Å²) in [5.41, 5.74) is 5.61. The first-order chi connectivity index (χ1) is 32.5. The van der Waals surface area contributed by atoms with Crippen LogP contribution in [0.4, 0.5) is 39.8 Å². The van der Waals surface area contributed by atoms with Crippen LogP contribution in [-0.4, -0.2) is 117 Å². The average Bonchev–Trinajstić information content (AvgIpc) is 3.36. The number of phenolic OH excluding ortho intramolecular Hbond substituents is 2. The standard InChI is InChI=1S/C23H24N4O5.C13H19N3O3.C12H11NO3/c28-20-16(23(31)24-9-10-27-11-13-32-14-12-27)7-4-8-17(20)26-19-18(21(29)22(19)30)25-15-5-2-1-3-6-15;14-11-3-1-2-10(12(11)17)13(18)15-4-5-16-6-8-19-9-7-16;1-2-16-12-9(10(14)11(12)15)13-8-6-4-3-5-7-8/h1-8,25-26,28H,9-14H2,(H,24,31);1-3,17H,4-9,14H2,(H,15,18);3-7,13H,2H2,1H3. The van der Waals surface area contributed by atoms with Gasteiger partial charge in [-0.2, -0.15) is 0 Å². The van der Waals surface area contributed by atoms with Gasteiger partial charge < -0.3 is 56.7 Å². The lowest BCUT2D eigenvalue weighted by atomic mass is 10.1. The summed E-state index contributed by atoms with van der Waals surface area (Å²) in [6.07, 6.45) is 0. The second-order valence-electron chi connectivity index (χ2n) is 15.2. The minimum Gasteiger partial charge on any atom is -0.505 e. The van der Waals surface area contributed by atoms with E-state index in [9.17, 15) is 39.0 Å². The molecule has 2 aliphatic rings. The largest absolute Gasteiger partial charge is 0.505 e. The van der Waals surface area contributed by atoms with E-state index < -0.39 is 27.6 Å². The minimum absolute atomic E-state index is 0.0408. The number of carbonyl (C=O) groups is 2. The lowest BCUT2D eigenvalue weighted by molar-refractivity contribution is 0.0382. The quantitative estimate of drug-likeness (QED) is 0.0394. The molecule has 2 saturated heterocycles. The Labute approximate surface area is 385 Å². The van der Waals surface area contributed by atoms with Crippen LogP contribution < -0.4 is 58.8 Å². The van der Waals surface area contributed by atoms with Gasteiger partial charge in [0, 0.05) is 63.7 Å². The van der Waals surface area contributed by atoms with Crippen LogP contribution in [0, 0.1) is 0 Å². The molecule has 67 heavy (non-hydrogen) atoms. The number of amides is 2. The maximum Gasteiger partial charge on any atom is 0.272 e. The fourth-order valence-corrected chi connectivity index (χ4v) is 6.93. The van der Waals surface area contributed by atoms with Crippen LogP contribution in [0.5, 0.6) is 17.2 Å². The van der Waals surface area contributed by atoms with Crippen molar-refractivity contribution >= 4 is 51.6 Å². The highest BCUT2D eigenvalue weighted by Crippen LogP contribution is 2.32. The van der Waals surface area contributed by atoms with Crippen LogP contribution in [0.3, 0.4) is 0 Å². The number of para-hydroxylation sites is 4. The van der Waals surface area contributed by atoms with Crippen molar-refractivity contribution in [2.45, 2.75) is 6.92 Å². The Hall–Kier alpha value is -7.58. The lowest BCUT2D eigenvalue weighted by Gasteiger charge is -2.26. The monoisotopic (exact) mass is 918 g/mol. The van der Waals surface area contributed by atoms with Crippen LogP contribution in [0.1, 0.15) is 27.6 Å². The summed E-state index contributed by atoms with van der Waals surface area (Å²) in [5, 5.41) is 34.5. The van der Waals surface area contributed by atoms with Crippen molar-refractivity contribution in [3.8, 4) is 17.2 Å². The first-order valence-electron chi connectivity index (χ1n) is 21.7. The number of nitrogen functional groups attached to an aromatic ring is 1. The van der Waals surface area contributed by atoms with Crippen molar-refractivity contribution in [1.82, 2.24) is 20.4 Å². The summed E-state index contributed by atoms with van der Waals surface area (Å²) in [7, 11) is 0. The van der Waals surface area contributed by atoms with E-state index >= 15 is 0 Å². The van der Waals surface area contributed by atoms with E-state index in [2.05, 4.69) is 36.4 Å². The zero-order valence-corrected chi connectivity index (χ0v) is 37.0. The second-order valence-corrected chi connectivity index (χ2v) is 15.2. The third kappa shape index (κ3) is 13.0. The van der Waals surface area contributed by atoms with E-state index in [-0.39, 0.29) is 62.7 Å². The number of nitrogens with one attached hydrogen (secondary N) is 5. The second kappa shape index (κ2) is 24.1. The van der Waals surface area contributed by atoms with Crippen molar-refractivity contribution in [2.75, 3.05) is 107 Å². The van der Waals surface area contributed by atoms with Crippen molar-refractivity contribution < 1.29 is 34.0 Å². The van der Waals surface area contributed by atoms with Gasteiger partial charge in [0.1, 0.15) is 17.1 Å². The minimum atomic E-state index is -0.691. The zero-order chi connectivity index (χ0) is 47.7. The van der Waals surface area contributed by atoms with E-state index in [4.69, 9.17) is 19.9 Å². The number of nitrogens with zero attached hydrogens (tertiary/aromatic N) is 2. The highest BCUT2D eigenvalue weighted by molar-refractivity contribution is 5.99. The summed E-state index contributed by atoms with van der Waals surface area (Å²) in [6, 6.07) is 27.5. The fourth-order valence-electron chi connectivity index (χ4n) is 6.93. The molecule has 0 atom stereocenters. The number of nitrogens with two attached hydrogens (primary N) is 1. The molecule has 0 aliphatic carbocycles. The molecule has 2 heterocycles. The summed E-state index contributed by atoms with van der Waals surface area (Å²) in [6.45, 7) is 10.8. The third-order valence-corrected chi connectivity index (χ3v) is 10.6. The molecule has 0 radical (unpaired) electrons. The molecule has 0 bridgehead atoms. The van der Waals surface area contributed by atoms with Crippen molar-refractivity contribution in [3.63, 3.8) is 0 Å². The van der Waals surface area contributed by atoms with Crippen LogP contribution in [0.15, 0.2) is 116 Å². The van der Waals surface area contributed by atoms with E-state index in [1.165, 1.54) is 12.1 Å². The highest BCUT2D eigenvalue weighted by atomic mass is 16.5. The molecule has 0 unspecified atom stereocenters. The summed E-state index contributed by atoms with van der Waals surface area (Å²) < 4.78 is 15.6. The molecule has 19 nitrogen and oxygen atoms in total. The van der Waals surface area contributed by atoms with Gasteiger partial charge in [0.2, 0.25) is 0 Å². The highest BCUT2D eigenvalue weighted by Gasteiger charge is 2.24. The average molecular weight is 919 g/mol. The molecule has 0 saturated carbocycles. The molecule has 6 aromatic rings. The number of rotatable bonds is 16. The number of hydrogen-bond acceptors (Lipinski definition) is 17. The van der Waals surface area contributed by atoms with Gasteiger partial charge in [0.05, 0.1) is 55.5 Å². The van der Waals surface area contributed by atoms with Gasteiger partial charge in [-0.05, 0) is 55.5 Å². The Balaban J connectivity index is 0.000000180. The van der Waals surface area contributed by atoms with Crippen molar-refractivity contribution in [2.24, 2.45) is 0 Å². The predicted molar refractivity (Wildman–Crippen MR) is 256 cm³/mol. The zero-order valence-electron chi connectivity index (χ0n) is 37.0. The topological polar surface area (TPSA) is 263 Å². The molecule has 6 aromatic carbocycles. The van der Waals surface area contributed by atoms with Crippen molar-refractivity contribution in [3.05, 3.63) is 149 Å². The first-order valence-corrected chi connectivity index (χ1v) is 21.7. The van der Waals surface area contributed by atoms with Gasteiger partial charge in [-0.15, -0.1) is 0 Å². The van der Waals surface area contributed by atoms with Crippen LogP contribution >= 0.6 is 0 Å². The van der Waals surface area contributed by atoms with Gasteiger partial charge in [-0.3, -0.25) is 38.6 Å². The molecule has 2 fully saturated rings. The molecule has 2 aliphatic heterocycles. The molecule has 2 amide bonds. The molecule has 0 spiro atoms. The fraction of sp³-hybridized carbons (Fsp3) is 0.292. The Morgan fingerprint density at radius 3 is 1.54 bits per heavy atom. The normalized spacial score (nSPS) is 13.9. The number of anilines is 7. The number of hydrogen-bond donors (Lipinski definition) is 8. The molecule has 8 rings (SSSR count). The number of carbonyl (C=O) groups excluding carboxylic acids is 2. The Morgan fingerprint density at radius 1 is 0.582 bits per heavy atom. The summed E-state index contributed by atoms with van der Waals surface area (Å²) in [5.74, 6) is -1.05. The summed E-state index contributed by atoms with van der Waals surface area (Å²) >= 11 is 0. The van der Waals surface area contributed by atoms with Crippen molar-refractivity contribution in [1.29, 1.82) is 0 Å².